The van der Waals surface area contributed by atoms with E-state index < -0.39 is 0 Å². The molecule has 0 N–H and O–H groups in total. The van der Waals surface area contributed by atoms with Crippen LogP contribution in [0.25, 0.3) is 0 Å². The van der Waals surface area contributed by atoms with Crippen LogP contribution in [0.1, 0.15) is 16.5 Å². The Kier molecular flexibility index (Phi) is 3.72. The topological polar surface area (TPSA) is 12.5 Å². The quantitative estimate of drug-likeness (QED) is 0.802. The molecule has 2 heterocycles. The summed E-state index contributed by atoms with van der Waals surface area (Å²) in [5.74, 6) is 0.758. The third kappa shape index (κ3) is 2.75. The zero-order valence-electron chi connectivity index (χ0n) is 10.4. The van der Waals surface area contributed by atoms with Crippen LogP contribution in [0.15, 0.2) is 29.6 Å². The van der Waals surface area contributed by atoms with Gasteiger partial charge in [-0.3, -0.25) is 4.90 Å². The molecule has 0 amide bonds. The highest BCUT2D eigenvalue weighted by Crippen LogP contribution is 2.35. The molecule has 3 rings (SSSR count). The molecule has 0 spiro atoms. The van der Waals surface area contributed by atoms with Gasteiger partial charge in [0.05, 0.1) is 14.9 Å². The minimum atomic E-state index is 0.0611. The van der Waals surface area contributed by atoms with Gasteiger partial charge in [0.1, 0.15) is 11.9 Å². The largest absolute Gasteiger partial charge is 0.483 e. The van der Waals surface area contributed by atoms with E-state index in [2.05, 4.69) is 23.4 Å². The average Bonchev–Trinajstić information content (AvgIpc) is 2.82. The molecule has 0 radical (unpaired) electrons. The van der Waals surface area contributed by atoms with Crippen LogP contribution in [0, 0.1) is 0 Å². The van der Waals surface area contributed by atoms with Crippen molar-refractivity contribution >= 4 is 34.5 Å². The second-order valence-electron chi connectivity index (χ2n) is 4.69. The molecule has 5 heteroatoms. The zero-order valence-corrected chi connectivity index (χ0v) is 12.7. The highest BCUT2D eigenvalue weighted by molar-refractivity contribution is 7.10. The number of likely N-dealkylation sites (N-methyl/N-ethyl adjacent to an activating group) is 1. The normalized spacial score (nSPS) is 19.2. The molecule has 1 aromatic heterocycles. The van der Waals surface area contributed by atoms with Gasteiger partial charge in [-0.25, -0.2) is 0 Å². The van der Waals surface area contributed by atoms with Gasteiger partial charge in [-0.1, -0.05) is 23.2 Å². The first-order valence-corrected chi connectivity index (χ1v) is 7.63. The van der Waals surface area contributed by atoms with Crippen molar-refractivity contribution in [1.29, 1.82) is 0 Å². The first-order valence-electron chi connectivity index (χ1n) is 6.00. The van der Waals surface area contributed by atoms with Gasteiger partial charge in [0, 0.05) is 19.2 Å². The maximum atomic E-state index is 6.07. The highest BCUT2D eigenvalue weighted by atomic mass is 35.5. The summed E-state index contributed by atoms with van der Waals surface area (Å²) in [6.45, 7) is 1.87. The van der Waals surface area contributed by atoms with Gasteiger partial charge in [0.2, 0.25) is 0 Å². The number of nitrogens with zero attached hydrogens (tertiary/aromatic N) is 1. The summed E-state index contributed by atoms with van der Waals surface area (Å²) in [5, 5.41) is 3.19. The van der Waals surface area contributed by atoms with Gasteiger partial charge in [0.15, 0.2) is 0 Å². The first-order chi connectivity index (χ1) is 9.13. The fourth-order valence-corrected chi connectivity index (χ4v) is 3.51. The molecule has 2 aromatic rings. The number of ether oxygens (including phenoxy) is 1. The Labute approximate surface area is 126 Å². The lowest BCUT2D eigenvalue weighted by Gasteiger charge is -2.30. The average molecular weight is 314 g/mol. The van der Waals surface area contributed by atoms with Gasteiger partial charge >= 0.3 is 0 Å². The van der Waals surface area contributed by atoms with Crippen molar-refractivity contribution < 1.29 is 4.74 Å². The zero-order chi connectivity index (χ0) is 13.4. The number of hydrogen-bond donors (Lipinski definition) is 0. The lowest BCUT2D eigenvalue weighted by atomic mass is 10.1. The second-order valence-corrected chi connectivity index (χ2v) is 6.45. The number of rotatable bonds is 2. The predicted octanol–water partition coefficient (Wildman–Crippen LogP) is 4.62. The van der Waals surface area contributed by atoms with Crippen LogP contribution in [0.2, 0.25) is 10.0 Å². The van der Waals surface area contributed by atoms with E-state index in [1.807, 2.05) is 6.07 Å². The third-order valence-electron chi connectivity index (χ3n) is 3.16. The first kappa shape index (κ1) is 13.3. The van der Waals surface area contributed by atoms with Gasteiger partial charge in [-0.15, -0.1) is 11.3 Å². The fourth-order valence-electron chi connectivity index (χ4n) is 2.29. The molecule has 100 valence electrons. The van der Waals surface area contributed by atoms with Crippen molar-refractivity contribution in [1.82, 2.24) is 4.90 Å². The monoisotopic (exact) mass is 313 g/mol. The number of fused-ring (bicyclic) bond motifs is 1. The molecule has 0 saturated heterocycles. The predicted molar refractivity (Wildman–Crippen MR) is 80.5 cm³/mol. The molecule has 1 atom stereocenters. The molecule has 2 nitrogen and oxygen atoms in total. The summed E-state index contributed by atoms with van der Waals surface area (Å²) >= 11 is 13.7. The van der Waals surface area contributed by atoms with Crippen LogP contribution < -0.4 is 4.74 Å². The van der Waals surface area contributed by atoms with Crippen LogP contribution in [-0.2, 0) is 6.54 Å². The van der Waals surface area contributed by atoms with E-state index in [1.165, 1.54) is 10.4 Å². The van der Waals surface area contributed by atoms with E-state index in [1.54, 1.807) is 23.5 Å². The summed E-state index contributed by atoms with van der Waals surface area (Å²) < 4.78 is 6.07. The van der Waals surface area contributed by atoms with Crippen molar-refractivity contribution in [3.05, 3.63) is 50.1 Å². The smallest absolute Gasteiger partial charge is 0.146 e. The van der Waals surface area contributed by atoms with E-state index in [0.717, 1.165) is 18.8 Å². The Hall–Kier alpha value is -0.740. The fraction of sp³-hybridized carbons (Fsp3) is 0.286. The highest BCUT2D eigenvalue weighted by Gasteiger charge is 2.26. The molecule has 1 aliphatic rings. The van der Waals surface area contributed by atoms with Crippen molar-refractivity contribution in [2.24, 2.45) is 0 Å². The Morgan fingerprint density at radius 3 is 2.89 bits per heavy atom. The van der Waals surface area contributed by atoms with Crippen LogP contribution in [0.3, 0.4) is 0 Å². The number of benzene rings is 1. The Morgan fingerprint density at radius 1 is 1.26 bits per heavy atom. The molecular weight excluding hydrogens is 301 g/mol. The summed E-state index contributed by atoms with van der Waals surface area (Å²) in [4.78, 5) is 3.57. The summed E-state index contributed by atoms with van der Waals surface area (Å²) in [6.07, 6.45) is 0.0611. The molecule has 19 heavy (non-hydrogen) atoms. The molecule has 1 aliphatic heterocycles. The molecule has 0 aliphatic carbocycles. The molecular formula is C14H13Cl2NOS. The summed E-state index contributed by atoms with van der Waals surface area (Å²) in [5.41, 5.74) is 1.35. The van der Waals surface area contributed by atoms with Crippen LogP contribution in [-0.4, -0.2) is 18.5 Å². The molecule has 0 saturated carbocycles. The molecule has 1 unspecified atom stereocenters. The number of hydrogen-bond acceptors (Lipinski definition) is 3. The van der Waals surface area contributed by atoms with Crippen LogP contribution in [0.5, 0.6) is 5.75 Å². The van der Waals surface area contributed by atoms with Crippen molar-refractivity contribution in [2.45, 2.75) is 12.6 Å². The van der Waals surface area contributed by atoms with Crippen LogP contribution >= 0.6 is 34.5 Å². The van der Waals surface area contributed by atoms with E-state index in [-0.39, 0.29) is 6.10 Å². The van der Waals surface area contributed by atoms with E-state index in [0.29, 0.717) is 10.0 Å². The van der Waals surface area contributed by atoms with Gasteiger partial charge in [-0.2, -0.15) is 0 Å². The minimum absolute atomic E-state index is 0.0611. The van der Waals surface area contributed by atoms with E-state index in [4.69, 9.17) is 27.9 Å². The number of thiophene rings is 1. The lowest BCUT2D eigenvalue weighted by molar-refractivity contribution is 0.132. The maximum absolute atomic E-state index is 6.07. The van der Waals surface area contributed by atoms with Crippen LogP contribution in [0.4, 0.5) is 0 Å². The molecule has 0 bridgehead atoms. The van der Waals surface area contributed by atoms with Crippen molar-refractivity contribution in [2.75, 3.05) is 13.6 Å². The van der Waals surface area contributed by atoms with Crippen molar-refractivity contribution in [3.63, 3.8) is 0 Å². The van der Waals surface area contributed by atoms with Gasteiger partial charge in [0.25, 0.3) is 0 Å². The van der Waals surface area contributed by atoms with Crippen molar-refractivity contribution in [3.8, 4) is 5.75 Å². The Balaban J connectivity index is 1.86. The Bertz CT molecular complexity index is 599. The Morgan fingerprint density at radius 2 is 2.11 bits per heavy atom. The van der Waals surface area contributed by atoms with E-state index >= 15 is 0 Å². The lowest BCUT2D eigenvalue weighted by Crippen LogP contribution is -2.31. The summed E-state index contributed by atoms with van der Waals surface area (Å²) in [6, 6.07) is 7.56. The van der Waals surface area contributed by atoms with Gasteiger partial charge < -0.3 is 4.74 Å². The number of halogens is 2. The summed E-state index contributed by atoms with van der Waals surface area (Å²) in [7, 11) is 2.10. The molecule has 1 aromatic carbocycles. The minimum Gasteiger partial charge on any atom is -0.483 e. The standard InChI is InChI=1S/C14H13Cl2NOS/c1-17-7-9-4-5-19-14(9)13(8-17)18-10-2-3-11(15)12(16)6-10/h2-6,13H,7-8H2,1H3. The van der Waals surface area contributed by atoms with E-state index in [9.17, 15) is 0 Å². The van der Waals surface area contributed by atoms with Gasteiger partial charge in [-0.05, 0) is 36.2 Å². The third-order valence-corrected chi connectivity index (χ3v) is 4.95. The molecule has 0 fully saturated rings. The maximum Gasteiger partial charge on any atom is 0.146 e. The second kappa shape index (κ2) is 5.33. The SMILES string of the molecule is CN1Cc2ccsc2C(Oc2ccc(Cl)c(Cl)c2)C1.